The third kappa shape index (κ3) is 3.44. The number of hydrogen-bond acceptors (Lipinski definition) is 5. The van der Waals surface area contributed by atoms with Gasteiger partial charge in [-0.05, 0) is 0 Å². The van der Waals surface area contributed by atoms with Crippen molar-refractivity contribution < 1.29 is 9.90 Å². The van der Waals surface area contributed by atoms with E-state index < -0.39 is 5.97 Å². The Morgan fingerprint density at radius 1 is 1.71 bits per heavy atom. The number of hydrogen-bond donors (Lipinski definition) is 1. The molecule has 1 aliphatic heterocycles. The molecule has 0 amide bonds. The first-order valence-electron chi connectivity index (χ1n) is 5.54. The second kappa shape index (κ2) is 5.50. The smallest absolute Gasteiger partial charge is 0.304 e. The van der Waals surface area contributed by atoms with Gasteiger partial charge in [0.2, 0.25) is 0 Å². The molecule has 1 aliphatic rings. The molecular weight excluding hydrogens is 240 g/mol. The van der Waals surface area contributed by atoms with Gasteiger partial charge in [-0.25, -0.2) is 0 Å². The van der Waals surface area contributed by atoms with Crippen LogP contribution < -0.4 is 0 Å². The molecule has 0 bridgehead atoms. The predicted molar refractivity (Wildman–Crippen MR) is 64.8 cm³/mol. The lowest BCUT2D eigenvalue weighted by Crippen LogP contribution is -2.43. The third-order valence-corrected chi connectivity index (χ3v) is 3.87. The molecule has 94 valence electrons. The van der Waals surface area contributed by atoms with Gasteiger partial charge in [0, 0.05) is 43.9 Å². The quantitative estimate of drug-likeness (QED) is 0.830. The molecule has 0 aromatic carbocycles. The average Bonchev–Trinajstić information content (AvgIpc) is 2.66. The molecule has 6 nitrogen and oxygen atoms in total. The molecule has 1 aromatic heterocycles. The second-order valence-electron chi connectivity index (χ2n) is 4.18. The Hall–Kier alpha value is -1.08. The summed E-state index contributed by atoms with van der Waals surface area (Å²) in [6.07, 6.45) is 2.08. The van der Waals surface area contributed by atoms with E-state index in [1.54, 1.807) is 4.68 Å². The first-order chi connectivity index (χ1) is 8.15. The lowest BCUT2D eigenvalue weighted by molar-refractivity contribution is -0.138. The van der Waals surface area contributed by atoms with Crippen molar-refractivity contribution in [2.45, 2.75) is 19.0 Å². The highest BCUT2D eigenvalue weighted by Gasteiger charge is 2.25. The van der Waals surface area contributed by atoms with Crippen LogP contribution in [0.25, 0.3) is 0 Å². The molecule has 1 unspecified atom stereocenters. The minimum absolute atomic E-state index is 0.105. The molecule has 17 heavy (non-hydrogen) atoms. The van der Waals surface area contributed by atoms with E-state index in [1.165, 1.54) is 0 Å². The third-order valence-electron chi connectivity index (χ3n) is 2.77. The van der Waals surface area contributed by atoms with Crippen LogP contribution >= 0.6 is 11.8 Å². The Bertz CT molecular complexity index is 395. The highest BCUT2D eigenvalue weighted by molar-refractivity contribution is 7.99. The standard InChI is InChI=1S/C10H16N4O2S/c1-13-5-8(11-12-13)6-14-2-3-17-7-9(14)4-10(15)16/h5,9H,2-4,6-7H2,1H3,(H,15,16). The first kappa shape index (κ1) is 12.4. The maximum Gasteiger partial charge on any atom is 0.304 e. The normalized spacial score (nSPS) is 21.6. The summed E-state index contributed by atoms with van der Waals surface area (Å²) in [5.41, 5.74) is 0.898. The SMILES string of the molecule is Cn1cc(CN2CCSCC2CC(=O)O)nn1. The van der Waals surface area contributed by atoms with Crippen LogP contribution in [0.1, 0.15) is 12.1 Å². The van der Waals surface area contributed by atoms with E-state index in [0.29, 0.717) is 6.54 Å². The summed E-state index contributed by atoms with van der Waals surface area (Å²) in [6.45, 7) is 1.60. The van der Waals surface area contributed by atoms with Crippen molar-refractivity contribution >= 4 is 17.7 Å². The average molecular weight is 256 g/mol. The lowest BCUT2D eigenvalue weighted by Gasteiger charge is -2.33. The molecule has 2 heterocycles. The van der Waals surface area contributed by atoms with Gasteiger partial charge in [-0.15, -0.1) is 5.10 Å². The van der Waals surface area contributed by atoms with Crippen molar-refractivity contribution in [3.05, 3.63) is 11.9 Å². The fraction of sp³-hybridized carbons (Fsp3) is 0.700. The predicted octanol–water partition coefficient (Wildman–Crippen LogP) is 0.207. The summed E-state index contributed by atoms with van der Waals surface area (Å²) in [5, 5.41) is 16.8. The highest BCUT2D eigenvalue weighted by Crippen LogP contribution is 2.20. The summed E-state index contributed by atoms with van der Waals surface area (Å²) >= 11 is 1.82. The van der Waals surface area contributed by atoms with Crippen molar-refractivity contribution in [1.82, 2.24) is 19.9 Å². The van der Waals surface area contributed by atoms with Gasteiger partial charge in [-0.1, -0.05) is 5.21 Å². The summed E-state index contributed by atoms with van der Waals surface area (Å²) in [5.74, 6) is 1.20. The zero-order chi connectivity index (χ0) is 12.3. The monoisotopic (exact) mass is 256 g/mol. The van der Waals surface area contributed by atoms with Crippen LogP contribution in [0.5, 0.6) is 0 Å². The minimum Gasteiger partial charge on any atom is -0.481 e. The minimum atomic E-state index is -0.735. The molecule has 0 radical (unpaired) electrons. The Morgan fingerprint density at radius 2 is 2.53 bits per heavy atom. The van der Waals surface area contributed by atoms with Gasteiger partial charge in [-0.2, -0.15) is 11.8 Å². The lowest BCUT2D eigenvalue weighted by atomic mass is 10.2. The zero-order valence-electron chi connectivity index (χ0n) is 9.74. The van der Waals surface area contributed by atoms with E-state index in [9.17, 15) is 4.79 Å². The van der Waals surface area contributed by atoms with E-state index in [1.807, 2.05) is 25.0 Å². The number of carbonyl (C=O) groups is 1. The Balaban J connectivity index is 1.98. The molecule has 0 aliphatic carbocycles. The van der Waals surface area contributed by atoms with Gasteiger partial charge < -0.3 is 5.11 Å². The number of carboxylic acids is 1. The molecule has 2 rings (SSSR count). The molecule has 7 heteroatoms. The van der Waals surface area contributed by atoms with E-state index in [2.05, 4.69) is 15.2 Å². The molecule has 1 fully saturated rings. The van der Waals surface area contributed by atoms with Crippen LogP contribution in [0.4, 0.5) is 0 Å². The fourth-order valence-electron chi connectivity index (χ4n) is 1.96. The van der Waals surface area contributed by atoms with Crippen LogP contribution in [0.3, 0.4) is 0 Å². The van der Waals surface area contributed by atoms with Crippen LogP contribution in [0, 0.1) is 0 Å². The second-order valence-corrected chi connectivity index (χ2v) is 5.33. The molecular formula is C10H16N4O2S. The summed E-state index contributed by atoms with van der Waals surface area (Å²) in [4.78, 5) is 13.0. The van der Waals surface area contributed by atoms with Gasteiger partial charge in [0.15, 0.2) is 0 Å². The number of aliphatic carboxylic acids is 1. The number of rotatable bonds is 4. The van der Waals surface area contributed by atoms with Crippen molar-refractivity contribution in [1.29, 1.82) is 0 Å². The number of carboxylic acid groups (broad SMARTS) is 1. The summed E-state index contributed by atoms with van der Waals surface area (Å²) in [6, 6.07) is 0.105. The van der Waals surface area contributed by atoms with Gasteiger partial charge in [-0.3, -0.25) is 14.4 Å². The Kier molecular flexibility index (Phi) is 4.01. The van der Waals surface area contributed by atoms with Gasteiger partial charge >= 0.3 is 5.97 Å². The van der Waals surface area contributed by atoms with Crippen molar-refractivity contribution in [3.63, 3.8) is 0 Å². The molecule has 1 N–H and O–H groups in total. The van der Waals surface area contributed by atoms with Gasteiger partial charge in [0.1, 0.15) is 0 Å². The summed E-state index contributed by atoms with van der Waals surface area (Å²) < 4.78 is 1.67. The Labute approximate surface area is 104 Å². The van der Waals surface area contributed by atoms with E-state index in [-0.39, 0.29) is 12.5 Å². The number of nitrogens with zero attached hydrogens (tertiary/aromatic N) is 4. The molecule has 1 atom stereocenters. The van der Waals surface area contributed by atoms with E-state index in [4.69, 9.17) is 5.11 Å². The van der Waals surface area contributed by atoms with Crippen LogP contribution in [-0.2, 0) is 18.4 Å². The van der Waals surface area contributed by atoms with Gasteiger partial charge in [0.25, 0.3) is 0 Å². The topological polar surface area (TPSA) is 71.2 Å². The maximum atomic E-state index is 10.8. The number of thioether (sulfide) groups is 1. The fourth-order valence-corrected chi connectivity index (χ4v) is 3.09. The zero-order valence-corrected chi connectivity index (χ0v) is 10.6. The molecule has 0 spiro atoms. The Morgan fingerprint density at radius 3 is 3.18 bits per heavy atom. The van der Waals surface area contributed by atoms with Crippen LogP contribution in [0.15, 0.2) is 6.20 Å². The highest BCUT2D eigenvalue weighted by atomic mass is 32.2. The molecule has 1 aromatic rings. The van der Waals surface area contributed by atoms with E-state index >= 15 is 0 Å². The van der Waals surface area contributed by atoms with E-state index in [0.717, 1.165) is 23.7 Å². The largest absolute Gasteiger partial charge is 0.481 e. The summed E-state index contributed by atoms with van der Waals surface area (Å²) in [7, 11) is 1.83. The molecule has 1 saturated heterocycles. The van der Waals surface area contributed by atoms with Crippen molar-refractivity contribution in [2.24, 2.45) is 7.05 Å². The number of aromatic nitrogens is 3. The first-order valence-corrected chi connectivity index (χ1v) is 6.69. The van der Waals surface area contributed by atoms with Crippen molar-refractivity contribution in [3.8, 4) is 0 Å². The van der Waals surface area contributed by atoms with Crippen molar-refractivity contribution in [2.75, 3.05) is 18.1 Å². The maximum absolute atomic E-state index is 10.8. The van der Waals surface area contributed by atoms with Crippen LogP contribution in [-0.4, -0.2) is 55.1 Å². The van der Waals surface area contributed by atoms with Crippen LogP contribution in [0.2, 0.25) is 0 Å². The number of aryl methyl sites for hydroxylation is 1. The van der Waals surface area contributed by atoms with Gasteiger partial charge in [0.05, 0.1) is 12.1 Å². The molecule has 0 saturated carbocycles.